The fourth-order valence-electron chi connectivity index (χ4n) is 0.934. The van der Waals surface area contributed by atoms with Gasteiger partial charge in [0.15, 0.2) is 0 Å². The van der Waals surface area contributed by atoms with Crippen LogP contribution < -0.4 is 5.32 Å². The molecule has 0 amide bonds. The van der Waals surface area contributed by atoms with Crippen molar-refractivity contribution in [3.63, 3.8) is 0 Å². The van der Waals surface area contributed by atoms with Crippen LogP contribution in [0.25, 0.3) is 0 Å². The first-order valence-corrected chi connectivity index (χ1v) is 5.44. The lowest BCUT2D eigenvalue weighted by atomic mass is 10.3. The lowest BCUT2D eigenvalue weighted by Crippen LogP contribution is -2.34. The van der Waals surface area contributed by atoms with E-state index >= 15 is 0 Å². The molecular formula is C8H13ClN2OS. The third-order valence-electron chi connectivity index (χ3n) is 1.60. The first kappa shape index (κ1) is 10.9. The standard InChI is InChI=1S/C8H13ClN2OS/c1-12-5-7(2-9)11-4-8-3-10-6-13-8/h3,6-7,11H,2,4-5H2,1H3. The molecule has 1 aromatic rings. The Bertz CT molecular complexity index is 218. The van der Waals surface area contributed by atoms with Crippen molar-refractivity contribution < 1.29 is 4.74 Å². The van der Waals surface area contributed by atoms with Gasteiger partial charge in [-0.05, 0) is 0 Å². The monoisotopic (exact) mass is 220 g/mol. The first-order valence-electron chi connectivity index (χ1n) is 4.02. The maximum absolute atomic E-state index is 5.73. The van der Waals surface area contributed by atoms with Gasteiger partial charge in [-0.1, -0.05) is 0 Å². The zero-order valence-electron chi connectivity index (χ0n) is 7.50. The summed E-state index contributed by atoms with van der Waals surface area (Å²) in [6.07, 6.45) is 1.86. The van der Waals surface area contributed by atoms with Gasteiger partial charge in [0.1, 0.15) is 0 Å². The SMILES string of the molecule is COCC(CCl)NCc1cncs1. The highest BCUT2D eigenvalue weighted by molar-refractivity contribution is 7.09. The summed E-state index contributed by atoms with van der Waals surface area (Å²) in [7, 11) is 1.67. The van der Waals surface area contributed by atoms with Crippen LogP contribution in [0.4, 0.5) is 0 Å². The molecule has 0 radical (unpaired) electrons. The number of aromatic nitrogens is 1. The summed E-state index contributed by atoms with van der Waals surface area (Å²) in [5, 5.41) is 3.29. The second-order valence-electron chi connectivity index (χ2n) is 2.66. The summed E-state index contributed by atoms with van der Waals surface area (Å²) in [5.41, 5.74) is 1.82. The second-order valence-corrected chi connectivity index (χ2v) is 3.93. The van der Waals surface area contributed by atoms with Crippen molar-refractivity contribution in [2.45, 2.75) is 12.6 Å². The molecule has 0 fully saturated rings. The fraction of sp³-hybridized carbons (Fsp3) is 0.625. The van der Waals surface area contributed by atoms with E-state index in [4.69, 9.17) is 16.3 Å². The molecule has 74 valence electrons. The number of methoxy groups -OCH3 is 1. The summed E-state index contributed by atoms with van der Waals surface area (Å²) < 4.78 is 5.01. The molecule has 0 spiro atoms. The average molecular weight is 221 g/mol. The molecule has 0 bridgehead atoms. The highest BCUT2D eigenvalue weighted by atomic mass is 35.5. The van der Waals surface area contributed by atoms with Gasteiger partial charge in [-0.25, -0.2) is 0 Å². The van der Waals surface area contributed by atoms with E-state index in [1.54, 1.807) is 18.4 Å². The van der Waals surface area contributed by atoms with Crippen molar-refractivity contribution in [3.8, 4) is 0 Å². The molecule has 1 unspecified atom stereocenters. The lowest BCUT2D eigenvalue weighted by Gasteiger charge is -2.13. The number of halogens is 1. The number of nitrogens with zero attached hydrogens (tertiary/aromatic N) is 1. The van der Waals surface area contributed by atoms with Gasteiger partial charge in [0.05, 0.1) is 12.1 Å². The molecular weight excluding hydrogens is 208 g/mol. The molecule has 3 nitrogen and oxygen atoms in total. The van der Waals surface area contributed by atoms with E-state index in [2.05, 4.69) is 10.3 Å². The van der Waals surface area contributed by atoms with E-state index in [1.807, 2.05) is 11.7 Å². The predicted molar refractivity (Wildman–Crippen MR) is 55.3 cm³/mol. The zero-order valence-corrected chi connectivity index (χ0v) is 9.07. The van der Waals surface area contributed by atoms with Crippen molar-refractivity contribution in [2.75, 3.05) is 19.6 Å². The predicted octanol–water partition coefficient (Wildman–Crippen LogP) is 1.49. The molecule has 0 aliphatic carbocycles. The molecule has 1 N–H and O–H groups in total. The number of hydrogen-bond acceptors (Lipinski definition) is 4. The molecule has 1 atom stereocenters. The molecule has 0 aliphatic rings. The second kappa shape index (κ2) is 6.32. The van der Waals surface area contributed by atoms with Crippen LogP contribution in [0.3, 0.4) is 0 Å². The molecule has 1 rings (SSSR count). The van der Waals surface area contributed by atoms with Crippen molar-refractivity contribution in [1.82, 2.24) is 10.3 Å². The van der Waals surface area contributed by atoms with Gasteiger partial charge >= 0.3 is 0 Å². The van der Waals surface area contributed by atoms with E-state index in [-0.39, 0.29) is 6.04 Å². The van der Waals surface area contributed by atoms with Crippen molar-refractivity contribution in [2.24, 2.45) is 0 Å². The fourth-order valence-corrected chi connectivity index (χ4v) is 1.68. The molecule has 0 aromatic carbocycles. The number of thiazole rings is 1. The van der Waals surface area contributed by atoms with E-state index in [0.717, 1.165) is 6.54 Å². The van der Waals surface area contributed by atoms with Crippen LogP contribution in [-0.4, -0.2) is 30.6 Å². The van der Waals surface area contributed by atoms with Crippen LogP contribution in [0, 0.1) is 0 Å². The minimum atomic E-state index is 0.216. The van der Waals surface area contributed by atoms with Gasteiger partial charge < -0.3 is 10.1 Å². The van der Waals surface area contributed by atoms with Crippen LogP contribution in [-0.2, 0) is 11.3 Å². The highest BCUT2D eigenvalue weighted by Gasteiger charge is 2.05. The van der Waals surface area contributed by atoms with Gasteiger partial charge in [0, 0.05) is 36.7 Å². The quantitative estimate of drug-likeness (QED) is 0.738. The third kappa shape index (κ3) is 4.04. The molecule has 0 aliphatic heterocycles. The maximum atomic E-state index is 5.73. The highest BCUT2D eigenvalue weighted by Crippen LogP contribution is 2.05. The minimum absolute atomic E-state index is 0.216. The van der Waals surface area contributed by atoms with Gasteiger partial charge in [-0.15, -0.1) is 22.9 Å². The van der Waals surface area contributed by atoms with Crippen LogP contribution in [0.1, 0.15) is 4.88 Å². The topological polar surface area (TPSA) is 34.1 Å². The van der Waals surface area contributed by atoms with E-state index in [1.165, 1.54) is 4.88 Å². The summed E-state index contributed by atoms with van der Waals surface area (Å²) in [6.45, 7) is 1.45. The van der Waals surface area contributed by atoms with Crippen molar-refractivity contribution >= 4 is 22.9 Å². The van der Waals surface area contributed by atoms with Gasteiger partial charge in [-0.2, -0.15) is 0 Å². The molecule has 1 aromatic heterocycles. The average Bonchev–Trinajstić information content (AvgIpc) is 2.64. The van der Waals surface area contributed by atoms with E-state index in [9.17, 15) is 0 Å². The Balaban J connectivity index is 2.23. The normalized spacial score (nSPS) is 13.1. The number of hydrogen-bond donors (Lipinski definition) is 1. The largest absolute Gasteiger partial charge is 0.383 e. The number of rotatable bonds is 6. The summed E-state index contributed by atoms with van der Waals surface area (Å²) in [4.78, 5) is 5.20. The summed E-state index contributed by atoms with van der Waals surface area (Å²) in [6, 6.07) is 0.216. The molecule has 0 saturated carbocycles. The number of nitrogens with one attached hydrogen (secondary N) is 1. The Morgan fingerprint density at radius 1 is 1.77 bits per heavy atom. The molecule has 5 heteroatoms. The number of alkyl halides is 1. The lowest BCUT2D eigenvalue weighted by molar-refractivity contribution is 0.173. The molecule has 1 heterocycles. The van der Waals surface area contributed by atoms with Crippen LogP contribution in [0.5, 0.6) is 0 Å². The Kier molecular flexibility index (Phi) is 5.31. The van der Waals surface area contributed by atoms with Gasteiger partial charge in [-0.3, -0.25) is 4.98 Å². The smallest absolute Gasteiger partial charge is 0.0794 e. The Morgan fingerprint density at radius 3 is 3.15 bits per heavy atom. The first-order chi connectivity index (χ1) is 6.36. The van der Waals surface area contributed by atoms with Crippen LogP contribution in [0.2, 0.25) is 0 Å². The van der Waals surface area contributed by atoms with Crippen molar-refractivity contribution in [3.05, 3.63) is 16.6 Å². The molecule has 13 heavy (non-hydrogen) atoms. The molecule has 0 saturated heterocycles. The van der Waals surface area contributed by atoms with Gasteiger partial charge in [0.25, 0.3) is 0 Å². The van der Waals surface area contributed by atoms with E-state index < -0.39 is 0 Å². The maximum Gasteiger partial charge on any atom is 0.0794 e. The van der Waals surface area contributed by atoms with E-state index in [0.29, 0.717) is 12.5 Å². The zero-order chi connectivity index (χ0) is 9.52. The minimum Gasteiger partial charge on any atom is -0.383 e. The number of ether oxygens (including phenoxy) is 1. The van der Waals surface area contributed by atoms with Crippen molar-refractivity contribution in [1.29, 1.82) is 0 Å². The Morgan fingerprint density at radius 2 is 2.62 bits per heavy atom. The Hall–Kier alpha value is -0.160. The van der Waals surface area contributed by atoms with Gasteiger partial charge in [0.2, 0.25) is 0 Å². The third-order valence-corrected chi connectivity index (χ3v) is 2.75. The summed E-state index contributed by atoms with van der Waals surface area (Å²) in [5.74, 6) is 0.562. The van der Waals surface area contributed by atoms with Crippen LogP contribution in [0.15, 0.2) is 11.7 Å². The summed E-state index contributed by atoms with van der Waals surface area (Å²) >= 11 is 7.37. The Labute approximate surface area is 87.1 Å². The van der Waals surface area contributed by atoms with Crippen LogP contribution >= 0.6 is 22.9 Å².